The van der Waals surface area contributed by atoms with E-state index in [0.29, 0.717) is 16.6 Å². The topological polar surface area (TPSA) is 53.9 Å². The standard InChI is InChI=1S/C22H20FN5/c1-14-4-2-5-15-6-3-7-16(18(14)15)20-19(23)21-17(12-25-20)22(27-13-26-21)28-10-8-24-9-11-28/h2-7,12-13,24H,8-11H2,1H3. The molecule has 4 aromatic rings. The smallest absolute Gasteiger partial charge is 0.175 e. The summed E-state index contributed by atoms with van der Waals surface area (Å²) in [5.74, 6) is 0.352. The number of nitrogens with zero attached hydrogens (tertiary/aromatic N) is 4. The van der Waals surface area contributed by atoms with Crippen LogP contribution in [0.1, 0.15) is 5.56 Å². The first-order valence-electron chi connectivity index (χ1n) is 9.47. The van der Waals surface area contributed by atoms with Crippen LogP contribution in [0.4, 0.5) is 10.2 Å². The van der Waals surface area contributed by atoms with Crippen molar-refractivity contribution in [1.29, 1.82) is 0 Å². The van der Waals surface area contributed by atoms with Gasteiger partial charge in [-0.25, -0.2) is 14.4 Å². The lowest BCUT2D eigenvalue weighted by molar-refractivity contribution is 0.585. The maximum absolute atomic E-state index is 15.6. The highest BCUT2D eigenvalue weighted by molar-refractivity contribution is 6.00. The number of hydrogen-bond acceptors (Lipinski definition) is 5. The molecule has 1 fully saturated rings. The summed E-state index contributed by atoms with van der Waals surface area (Å²) in [6.07, 6.45) is 3.16. The van der Waals surface area contributed by atoms with Gasteiger partial charge in [0, 0.05) is 37.9 Å². The van der Waals surface area contributed by atoms with Crippen LogP contribution in [0.15, 0.2) is 48.9 Å². The largest absolute Gasteiger partial charge is 0.353 e. The molecule has 0 atom stereocenters. The van der Waals surface area contributed by atoms with E-state index < -0.39 is 5.82 Å². The van der Waals surface area contributed by atoms with Gasteiger partial charge < -0.3 is 10.2 Å². The summed E-state index contributed by atoms with van der Waals surface area (Å²) >= 11 is 0. The number of anilines is 1. The summed E-state index contributed by atoms with van der Waals surface area (Å²) in [4.78, 5) is 15.4. The third-order valence-electron chi connectivity index (χ3n) is 5.39. The maximum atomic E-state index is 15.6. The fourth-order valence-electron chi connectivity index (χ4n) is 4.02. The molecule has 28 heavy (non-hydrogen) atoms. The van der Waals surface area contributed by atoms with Gasteiger partial charge in [0.15, 0.2) is 5.82 Å². The molecule has 1 aliphatic heterocycles. The van der Waals surface area contributed by atoms with Crippen LogP contribution in [-0.2, 0) is 0 Å². The average molecular weight is 373 g/mol. The highest BCUT2D eigenvalue weighted by Gasteiger charge is 2.20. The van der Waals surface area contributed by atoms with Gasteiger partial charge in [-0.05, 0) is 23.3 Å². The minimum absolute atomic E-state index is 0.319. The lowest BCUT2D eigenvalue weighted by Gasteiger charge is -2.29. The van der Waals surface area contributed by atoms with Crippen LogP contribution in [0, 0.1) is 12.7 Å². The lowest BCUT2D eigenvalue weighted by Crippen LogP contribution is -2.44. The molecule has 3 heterocycles. The molecule has 6 heteroatoms. The van der Waals surface area contributed by atoms with Crippen LogP contribution in [-0.4, -0.2) is 41.1 Å². The highest BCUT2D eigenvalue weighted by atomic mass is 19.1. The normalized spacial score (nSPS) is 14.7. The summed E-state index contributed by atoms with van der Waals surface area (Å²) in [7, 11) is 0. The zero-order valence-electron chi connectivity index (χ0n) is 15.6. The first-order chi connectivity index (χ1) is 13.7. The Hall–Kier alpha value is -3.12. The Morgan fingerprint density at radius 3 is 2.61 bits per heavy atom. The predicted octanol–water partition coefficient (Wildman–Crippen LogP) is 3.70. The minimum Gasteiger partial charge on any atom is -0.353 e. The van der Waals surface area contributed by atoms with Gasteiger partial charge >= 0.3 is 0 Å². The van der Waals surface area contributed by atoms with Crippen LogP contribution in [0.3, 0.4) is 0 Å². The van der Waals surface area contributed by atoms with Gasteiger partial charge in [0.05, 0.1) is 5.39 Å². The summed E-state index contributed by atoms with van der Waals surface area (Å²) in [5, 5.41) is 6.07. The second-order valence-electron chi connectivity index (χ2n) is 7.10. The first-order valence-corrected chi connectivity index (χ1v) is 9.47. The van der Waals surface area contributed by atoms with Crippen molar-refractivity contribution in [3.05, 3.63) is 60.3 Å². The number of benzene rings is 2. The van der Waals surface area contributed by atoms with Crippen molar-refractivity contribution in [2.24, 2.45) is 0 Å². The third-order valence-corrected chi connectivity index (χ3v) is 5.39. The predicted molar refractivity (Wildman–Crippen MR) is 110 cm³/mol. The van der Waals surface area contributed by atoms with Crippen LogP contribution in [0.2, 0.25) is 0 Å². The zero-order chi connectivity index (χ0) is 19.1. The molecule has 5 rings (SSSR count). The summed E-state index contributed by atoms with van der Waals surface area (Å²) in [6.45, 7) is 5.47. The quantitative estimate of drug-likeness (QED) is 0.581. The van der Waals surface area contributed by atoms with Gasteiger partial charge in [-0.1, -0.05) is 36.4 Å². The van der Waals surface area contributed by atoms with E-state index in [9.17, 15) is 0 Å². The molecule has 140 valence electrons. The molecule has 1 saturated heterocycles. The zero-order valence-corrected chi connectivity index (χ0v) is 15.6. The Balaban J connectivity index is 1.72. The van der Waals surface area contributed by atoms with Crippen molar-refractivity contribution >= 4 is 27.5 Å². The highest BCUT2D eigenvalue weighted by Crippen LogP contribution is 2.34. The molecule has 0 bridgehead atoms. The van der Waals surface area contributed by atoms with Crippen LogP contribution in [0.5, 0.6) is 0 Å². The van der Waals surface area contributed by atoms with E-state index in [1.807, 2.05) is 43.3 Å². The minimum atomic E-state index is -0.396. The number of piperazine rings is 1. The Morgan fingerprint density at radius 1 is 1.00 bits per heavy atom. The number of nitrogens with one attached hydrogen (secondary N) is 1. The molecular weight excluding hydrogens is 353 g/mol. The van der Waals surface area contributed by atoms with Gasteiger partial charge in [0.25, 0.3) is 0 Å². The van der Waals surface area contributed by atoms with Crippen molar-refractivity contribution in [3.8, 4) is 11.3 Å². The molecule has 0 unspecified atom stereocenters. The molecule has 0 amide bonds. The number of hydrogen-bond donors (Lipinski definition) is 1. The van der Waals surface area contributed by atoms with E-state index in [2.05, 4.69) is 25.2 Å². The van der Waals surface area contributed by atoms with E-state index >= 15 is 4.39 Å². The van der Waals surface area contributed by atoms with Gasteiger partial charge in [0.2, 0.25) is 0 Å². The summed E-state index contributed by atoms with van der Waals surface area (Å²) in [5.41, 5.74) is 2.53. The van der Waals surface area contributed by atoms with E-state index in [1.54, 1.807) is 6.20 Å². The fourth-order valence-corrected chi connectivity index (χ4v) is 4.02. The molecule has 2 aromatic carbocycles. The number of rotatable bonds is 2. The van der Waals surface area contributed by atoms with Crippen molar-refractivity contribution in [2.45, 2.75) is 6.92 Å². The molecule has 0 radical (unpaired) electrons. The van der Waals surface area contributed by atoms with E-state index in [4.69, 9.17) is 0 Å². The molecule has 2 aromatic heterocycles. The molecule has 0 saturated carbocycles. The Morgan fingerprint density at radius 2 is 1.79 bits per heavy atom. The summed E-state index contributed by atoms with van der Waals surface area (Å²) < 4.78 is 15.6. The second-order valence-corrected chi connectivity index (χ2v) is 7.10. The van der Waals surface area contributed by atoms with Gasteiger partial charge in [-0.3, -0.25) is 4.98 Å². The molecule has 1 aliphatic rings. The second kappa shape index (κ2) is 6.80. The maximum Gasteiger partial charge on any atom is 0.175 e. The van der Waals surface area contributed by atoms with Gasteiger partial charge in [0.1, 0.15) is 23.4 Å². The number of pyridine rings is 1. The third kappa shape index (κ3) is 2.68. The monoisotopic (exact) mass is 373 g/mol. The molecule has 0 aliphatic carbocycles. The number of halogens is 1. The molecular formula is C22H20FN5. The van der Waals surface area contributed by atoms with Crippen molar-refractivity contribution in [2.75, 3.05) is 31.1 Å². The SMILES string of the molecule is Cc1cccc2cccc(-c3ncc4c(N5CCNCC5)ncnc4c3F)c12. The van der Waals surface area contributed by atoms with E-state index in [1.165, 1.54) is 6.33 Å². The van der Waals surface area contributed by atoms with E-state index in [0.717, 1.165) is 53.9 Å². The molecule has 5 nitrogen and oxygen atoms in total. The Labute approximate surface area is 162 Å². The summed E-state index contributed by atoms with van der Waals surface area (Å²) in [6, 6.07) is 12.0. The fraction of sp³-hybridized carbons (Fsp3) is 0.227. The van der Waals surface area contributed by atoms with Gasteiger partial charge in [-0.15, -0.1) is 0 Å². The van der Waals surface area contributed by atoms with E-state index in [-0.39, 0.29) is 0 Å². The Kier molecular flexibility index (Phi) is 4.13. The van der Waals surface area contributed by atoms with Crippen LogP contribution in [0.25, 0.3) is 32.9 Å². The van der Waals surface area contributed by atoms with Crippen molar-refractivity contribution < 1.29 is 4.39 Å². The van der Waals surface area contributed by atoms with Gasteiger partial charge in [-0.2, -0.15) is 0 Å². The Bertz CT molecular complexity index is 1180. The van der Waals surface area contributed by atoms with Crippen LogP contribution >= 0.6 is 0 Å². The number of fused-ring (bicyclic) bond motifs is 2. The molecule has 1 N–H and O–H groups in total. The van der Waals surface area contributed by atoms with Crippen LogP contribution < -0.4 is 10.2 Å². The average Bonchev–Trinajstić information content (AvgIpc) is 2.74. The van der Waals surface area contributed by atoms with Crippen molar-refractivity contribution in [1.82, 2.24) is 20.3 Å². The number of aromatic nitrogens is 3. The van der Waals surface area contributed by atoms with Crippen molar-refractivity contribution in [3.63, 3.8) is 0 Å². The molecule has 0 spiro atoms. The first kappa shape index (κ1) is 17.0. The lowest BCUT2D eigenvalue weighted by atomic mass is 9.97. The number of aryl methyl sites for hydroxylation is 1.